The molecule has 38 heavy (non-hydrogen) atoms. The number of hydrogen-bond acceptors (Lipinski definition) is 5. The molecule has 7 nitrogen and oxygen atoms in total. The Morgan fingerprint density at radius 3 is 1.68 bits per heavy atom. The third-order valence-electron chi connectivity index (χ3n) is 6.61. The Labute approximate surface area is 235 Å². The van der Waals surface area contributed by atoms with Crippen LogP contribution in [0.15, 0.2) is 12.2 Å². The number of rotatable bonds is 29. The molecule has 0 aliphatic rings. The Balaban J connectivity index is 3.47. The van der Waals surface area contributed by atoms with Gasteiger partial charge in [-0.15, -0.1) is 0 Å². The smallest absolute Gasteiger partial charge is 0.394 e. The number of aliphatic hydroxyl groups excluding tert-OH is 1. The van der Waals surface area contributed by atoms with Gasteiger partial charge in [-0.2, -0.15) is 0 Å². The first kappa shape index (κ1) is 37.7. The average molecular weight is 565 g/mol. The molecule has 0 radical (unpaired) electrons. The summed E-state index contributed by atoms with van der Waals surface area (Å²) in [6, 6.07) is 0. The third-order valence-corrected chi connectivity index (χ3v) is 7.68. The van der Waals surface area contributed by atoms with Crippen LogP contribution in [0, 0.1) is 0 Å². The van der Waals surface area contributed by atoms with Gasteiger partial charge in [0, 0.05) is 6.61 Å². The van der Waals surface area contributed by atoms with Gasteiger partial charge < -0.3 is 19.2 Å². The highest BCUT2D eigenvalue weighted by Gasteiger charge is 2.27. The number of ether oxygens (including phenoxy) is 1. The number of hydrogen-bond donors (Lipinski definition) is 2. The Morgan fingerprint density at radius 2 is 1.21 bits per heavy atom. The average Bonchev–Trinajstić information content (AvgIpc) is 2.85. The van der Waals surface area contributed by atoms with Crippen molar-refractivity contribution in [2.24, 2.45) is 0 Å². The van der Waals surface area contributed by atoms with Crippen molar-refractivity contribution in [1.29, 1.82) is 0 Å². The highest BCUT2D eigenvalue weighted by molar-refractivity contribution is 7.47. The summed E-state index contributed by atoms with van der Waals surface area (Å²) >= 11 is 0. The molecule has 0 fully saturated rings. The van der Waals surface area contributed by atoms with E-state index in [1.165, 1.54) is 103 Å². The molecule has 0 aliphatic heterocycles. The van der Waals surface area contributed by atoms with Gasteiger partial charge in [0.1, 0.15) is 19.3 Å². The zero-order chi connectivity index (χ0) is 28.4. The monoisotopic (exact) mass is 564 g/mol. The summed E-state index contributed by atoms with van der Waals surface area (Å²) in [5, 5.41) is 9.42. The van der Waals surface area contributed by atoms with Crippen LogP contribution in [-0.4, -0.2) is 74.7 Å². The summed E-state index contributed by atoms with van der Waals surface area (Å²) in [5.41, 5.74) is 0. The van der Waals surface area contributed by atoms with Crippen molar-refractivity contribution in [3.8, 4) is 0 Å². The predicted molar refractivity (Wildman–Crippen MR) is 159 cm³/mol. The fraction of sp³-hybridized carbons (Fsp3) is 0.933. The normalized spacial score (nSPS) is 14.8. The molecule has 8 heteroatoms. The molecule has 2 N–H and O–H groups in total. The van der Waals surface area contributed by atoms with Crippen molar-refractivity contribution >= 4 is 7.82 Å². The van der Waals surface area contributed by atoms with Gasteiger partial charge in [0.2, 0.25) is 0 Å². The highest BCUT2D eigenvalue weighted by Crippen LogP contribution is 2.44. The van der Waals surface area contributed by atoms with Gasteiger partial charge in [0.15, 0.2) is 0 Å². The number of nitrogens with zero attached hydrogens (tertiary/aromatic N) is 1. The fourth-order valence-corrected chi connectivity index (χ4v) is 5.02. The molecule has 0 amide bonds. The van der Waals surface area contributed by atoms with Crippen molar-refractivity contribution in [2.75, 3.05) is 54.1 Å². The van der Waals surface area contributed by atoms with Crippen molar-refractivity contribution < 1.29 is 32.8 Å². The summed E-state index contributed by atoms with van der Waals surface area (Å²) in [6.07, 6.45) is 27.3. The van der Waals surface area contributed by atoms with Crippen LogP contribution >= 0.6 is 7.82 Å². The van der Waals surface area contributed by atoms with Crippen LogP contribution in [0.4, 0.5) is 0 Å². The van der Waals surface area contributed by atoms with E-state index in [0.717, 1.165) is 12.8 Å². The van der Waals surface area contributed by atoms with E-state index in [2.05, 4.69) is 19.1 Å². The molecule has 2 atom stereocenters. The summed E-state index contributed by atoms with van der Waals surface area (Å²) in [4.78, 5) is 9.83. The Hall–Kier alpha value is -0.270. The zero-order valence-corrected chi connectivity index (χ0v) is 26.3. The van der Waals surface area contributed by atoms with E-state index >= 15 is 0 Å². The predicted octanol–water partition coefficient (Wildman–Crippen LogP) is 7.80. The fourth-order valence-electron chi connectivity index (χ4n) is 4.14. The van der Waals surface area contributed by atoms with Gasteiger partial charge >= 0.3 is 7.82 Å². The van der Waals surface area contributed by atoms with Crippen LogP contribution in [0.2, 0.25) is 0 Å². The topological polar surface area (TPSA) is 85.2 Å². The van der Waals surface area contributed by atoms with Gasteiger partial charge in [0.25, 0.3) is 0 Å². The van der Waals surface area contributed by atoms with E-state index in [1.54, 1.807) is 0 Å². The van der Waals surface area contributed by atoms with E-state index < -0.39 is 13.9 Å². The second-order valence-electron chi connectivity index (χ2n) is 11.7. The van der Waals surface area contributed by atoms with Gasteiger partial charge in [-0.25, -0.2) is 4.57 Å². The van der Waals surface area contributed by atoms with E-state index in [1.807, 2.05) is 21.1 Å². The number of allylic oxidation sites excluding steroid dienone is 2. The minimum absolute atomic E-state index is 0.0780. The highest BCUT2D eigenvalue weighted by atomic mass is 31.2. The summed E-state index contributed by atoms with van der Waals surface area (Å²) in [5.74, 6) is 0. The Morgan fingerprint density at radius 1 is 0.737 bits per heavy atom. The lowest BCUT2D eigenvalue weighted by Crippen LogP contribution is -2.37. The SMILES string of the molecule is CCCCCCCC/C=C\CCCCCCCCCCCCOC[C@H](CO)OP(=O)(O)OCC[N+](C)(C)C. The maximum atomic E-state index is 12.0. The molecule has 0 aromatic carbocycles. The van der Waals surface area contributed by atoms with Crippen molar-refractivity contribution in [2.45, 2.75) is 129 Å². The molecule has 0 heterocycles. The molecule has 0 saturated heterocycles. The number of aliphatic hydroxyl groups is 1. The van der Waals surface area contributed by atoms with Crippen LogP contribution in [0.1, 0.15) is 122 Å². The molecular weight excluding hydrogens is 501 g/mol. The number of quaternary nitrogens is 1. The first-order valence-corrected chi connectivity index (χ1v) is 17.0. The van der Waals surface area contributed by atoms with Crippen LogP contribution in [0.25, 0.3) is 0 Å². The zero-order valence-electron chi connectivity index (χ0n) is 25.4. The van der Waals surface area contributed by atoms with Crippen LogP contribution in [-0.2, 0) is 18.3 Å². The van der Waals surface area contributed by atoms with E-state index in [9.17, 15) is 14.6 Å². The molecule has 1 unspecified atom stereocenters. The second-order valence-corrected chi connectivity index (χ2v) is 13.1. The lowest BCUT2D eigenvalue weighted by Gasteiger charge is -2.24. The molecule has 0 aliphatic carbocycles. The van der Waals surface area contributed by atoms with Gasteiger partial charge in [0.05, 0.1) is 34.4 Å². The maximum Gasteiger partial charge on any atom is 0.472 e. The molecule has 228 valence electrons. The summed E-state index contributed by atoms with van der Waals surface area (Å²) in [7, 11) is 1.70. The molecule has 0 rings (SSSR count). The first-order chi connectivity index (χ1) is 18.2. The quantitative estimate of drug-likeness (QED) is 0.0417. The molecule has 0 bridgehead atoms. The molecule has 0 saturated carbocycles. The molecule has 0 aromatic heterocycles. The van der Waals surface area contributed by atoms with Gasteiger partial charge in [-0.1, -0.05) is 103 Å². The third kappa shape index (κ3) is 28.7. The second kappa shape index (κ2) is 25.7. The minimum atomic E-state index is -4.20. The Bertz CT molecular complexity index is 582. The van der Waals surface area contributed by atoms with Crippen LogP contribution < -0.4 is 0 Å². The van der Waals surface area contributed by atoms with E-state index in [0.29, 0.717) is 17.6 Å². The van der Waals surface area contributed by atoms with E-state index in [-0.39, 0.29) is 19.8 Å². The molecule has 0 spiro atoms. The minimum Gasteiger partial charge on any atom is -0.394 e. The largest absolute Gasteiger partial charge is 0.472 e. The van der Waals surface area contributed by atoms with Crippen molar-refractivity contribution in [3.63, 3.8) is 0 Å². The van der Waals surface area contributed by atoms with Crippen LogP contribution in [0.3, 0.4) is 0 Å². The summed E-state index contributed by atoms with van der Waals surface area (Å²) < 4.78 is 28.2. The van der Waals surface area contributed by atoms with E-state index in [4.69, 9.17) is 13.8 Å². The van der Waals surface area contributed by atoms with Gasteiger partial charge in [-0.3, -0.25) is 9.05 Å². The maximum absolute atomic E-state index is 12.0. The molecular formula is C30H63NO6P+. The Kier molecular flexibility index (Phi) is 25.5. The summed E-state index contributed by atoms with van der Waals surface area (Å²) in [6.45, 7) is 3.20. The van der Waals surface area contributed by atoms with Crippen molar-refractivity contribution in [1.82, 2.24) is 0 Å². The number of phosphoric acid groups is 1. The number of unbranched alkanes of at least 4 members (excludes halogenated alkanes) is 16. The van der Waals surface area contributed by atoms with Crippen molar-refractivity contribution in [3.05, 3.63) is 12.2 Å². The first-order valence-electron chi connectivity index (χ1n) is 15.5. The van der Waals surface area contributed by atoms with Crippen LogP contribution in [0.5, 0.6) is 0 Å². The molecule has 0 aromatic rings. The standard InChI is InChI=1S/C30H62NO6P/c1-5-6-7-8-9-10-11-12-13-14-15-16-17-18-19-20-21-22-23-24-26-35-29-30(28-32)37-38(33,34)36-27-25-31(2,3)4/h12-13,30,32H,5-11,14-29H2,1-4H3/p+1/b13-12-/t30-/m0/s1. The lowest BCUT2D eigenvalue weighted by molar-refractivity contribution is -0.870. The number of likely N-dealkylation sites (N-methyl/N-ethyl adjacent to an activating group) is 1. The lowest BCUT2D eigenvalue weighted by atomic mass is 10.1. The number of phosphoric ester groups is 1. The van der Waals surface area contributed by atoms with Gasteiger partial charge in [-0.05, 0) is 32.1 Å².